The first-order chi connectivity index (χ1) is 20.3. The van der Waals surface area contributed by atoms with E-state index < -0.39 is 11.2 Å². The predicted octanol–water partition coefficient (Wildman–Crippen LogP) is 5.64. The lowest BCUT2D eigenvalue weighted by atomic mass is 9.95. The zero-order valence-electron chi connectivity index (χ0n) is 24.0. The van der Waals surface area contributed by atoms with Crippen molar-refractivity contribution < 1.29 is 23.5 Å². The number of ether oxygens (including phenoxy) is 1. The Morgan fingerprint density at radius 3 is 2.71 bits per heavy atom. The number of rotatable bonds is 10. The van der Waals surface area contributed by atoms with Gasteiger partial charge in [0.1, 0.15) is 5.00 Å². The number of hydrogen-bond donors (Lipinski definition) is 2. The number of anilines is 1. The van der Waals surface area contributed by atoms with Gasteiger partial charge in [0.25, 0.3) is 5.91 Å². The molecule has 12 heteroatoms. The molecule has 1 atom stereocenters. The van der Waals surface area contributed by atoms with Crippen LogP contribution in [-0.4, -0.2) is 44.4 Å². The van der Waals surface area contributed by atoms with Crippen LogP contribution in [0, 0.1) is 13.8 Å². The van der Waals surface area contributed by atoms with Crippen LogP contribution in [-0.2, 0) is 28.9 Å². The number of nitrogens with one attached hydrogen (secondary N) is 2. The minimum absolute atomic E-state index is 0.102. The molecule has 2 N–H and O–H groups in total. The first kappa shape index (κ1) is 29.6. The summed E-state index contributed by atoms with van der Waals surface area (Å²) >= 11 is 2.71. The number of aromatic nitrogens is 3. The van der Waals surface area contributed by atoms with Crippen molar-refractivity contribution in [2.24, 2.45) is 0 Å². The number of carbonyl (C=O) groups excluding carboxylic acids is 3. The number of esters is 1. The minimum atomic E-state index is -0.571. The Kier molecular flexibility index (Phi) is 9.12. The van der Waals surface area contributed by atoms with E-state index in [4.69, 9.17) is 9.15 Å². The van der Waals surface area contributed by atoms with Crippen molar-refractivity contribution in [2.75, 3.05) is 11.9 Å². The largest absolute Gasteiger partial charge is 0.462 e. The summed E-state index contributed by atoms with van der Waals surface area (Å²) in [4.78, 5) is 40.0. The molecule has 5 rings (SSSR count). The smallest absolute Gasteiger partial charge is 0.341 e. The van der Waals surface area contributed by atoms with Gasteiger partial charge in [-0.15, -0.1) is 21.5 Å². The third kappa shape index (κ3) is 6.14. The van der Waals surface area contributed by atoms with Gasteiger partial charge in [-0.25, -0.2) is 4.79 Å². The van der Waals surface area contributed by atoms with Crippen molar-refractivity contribution in [3.8, 4) is 5.69 Å². The summed E-state index contributed by atoms with van der Waals surface area (Å²) < 4.78 is 12.4. The average molecular weight is 608 g/mol. The topological polar surface area (TPSA) is 128 Å². The Labute approximate surface area is 252 Å². The van der Waals surface area contributed by atoms with Gasteiger partial charge < -0.3 is 19.8 Å². The molecule has 2 amide bonds. The SMILES string of the molecule is CCOC(=O)c1c(NC(=O)C(C)Sc2nnc(CNC(=O)c3ccco3)n2-c2cccc(C)c2C)sc2c1CCCC2. The summed E-state index contributed by atoms with van der Waals surface area (Å²) in [5.41, 5.74) is 4.44. The van der Waals surface area contributed by atoms with Crippen LogP contribution < -0.4 is 10.6 Å². The lowest BCUT2D eigenvalue weighted by Crippen LogP contribution is -2.25. The van der Waals surface area contributed by atoms with Gasteiger partial charge in [0, 0.05) is 4.88 Å². The van der Waals surface area contributed by atoms with Gasteiger partial charge in [-0.1, -0.05) is 23.9 Å². The highest BCUT2D eigenvalue weighted by Crippen LogP contribution is 2.39. The second kappa shape index (κ2) is 13.0. The molecule has 220 valence electrons. The van der Waals surface area contributed by atoms with Gasteiger partial charge in [0.05, 0.1) is 35.9 Å². The first-order valence-corrected chi connectivity index (χ1v) is 15.6. The van der Waals surface area contributed by atoms with Crippen LogP contribution in [0.1, 0.15) is 75.0 Å². The first-order valence-electron chi connectivity index (χ1n) is 13.9. The molecule has 0 saturated heterocycles. The standard InChI is InChI=1S/C30H33N5O5S2/c1-5-39-29(38)25-20-11-6-7-14-23(20)42-28(25)32-26(36)19(4)41-30-34-33-24(16-31-27(37)22-13-9-15-40-22)35(30)21-12-8-10-17(2)18(21)3/h8-10,12-13,15,19H,5-7,11,14,16H2,1-4H3,(H,31,37)(H,32,36). The lowest BCUT2D eigenvalue weighted by Gasteiger charge is -2.16. The quantitative estimate of drug-likeness (QED) is 0.175. The Balaban J connectivity index is 1.40. The van der Waals surface area contributed by atoms with E-state index >= 15 is 0 Å². The molecule has 1 aliphatic carbocycles. The van der Waals surface area contributed by atoms with Crippen molar-refractivity contribution in [3.63, 3.8) is 0 Å². The van der Waals surface area contributed by atoms with Crippen LogP contribution in [0.15, 0.2) is 46.2 Å². The molecule has 0 radical (unpaired) electrons. The number of fused-ring (bicyclic) bond motifs is 1. The lowest BCUT2D eigenvalue weighted by molar-refractivity contribution is -0.115. The molecule has 3 aromatic heterocycles. The molecule has 0 fully saturated rings. The van der Waals surface area contributed by atoms with Crippen LogP contribution in [0.2, 0.25) is 0 Å². The fraction of sp³-hybridized carbons (Fsp3) is 0.367. The van der Waals surface area contributed by atoms with Gasteiger partial charge in [-0.05, 0) is 88.3 Å². The molecule has 1 aliphatic rings. The maximum atomic E-state index is 13.5. The predicted molar refractivity (Wildman–Crippen MR) is 162 cm³/mol. The second-order valence-corrected chi connectivity index (χ2v) is 12.4. The van der Waals surface area contributed by atoms with Crippen molar-refractivity contribution in [1.29, 1.82) is 0 Å². The number of aryl methyl sites for hydroxylation is 2. The highest BCUT2D eigenvalue weighted by atomic mass is 32.2. The van der Waals surface area contributed by atoms with Gasteiger partial charge in [0.2, 0.25) is 5.91 Å². The molecule has 4 aromatic rings. The summed E-state index contributed by atoms with van der Waals surface area (Å²) in [5, 5.41) is 15.1. The molecule has 1 unspecified atom stereocenters. The maximum absolute atomic E-state index is 13.5. The van der Waals surface area contributed by atoms with E-state index in [1.165, 1.54) is 29.4 Å². The Hall–Kier alpha value is -3.90. The van der Waals surface area contributed by atoms with E-state index in [9.17, 15) is 14.4 Å². The van der Waals surface area contributed by atoms with Crippen LogP contribution in [0.25, 0.3) is 5.69 Å². The van der Waals surface area contributed by atoms with E-state index in [0.29, 0.717) is 21.5 Å². The minimum Gasteiger partial charge on any atom is -0.462 e. The van der Waals surface area contributed by atoms with Gasteiger partial charge in [-0.3, -0.25) is 14.2 Å². The number of hydrogen-bond acceptors (Lipinski definition) is 9. The summed E-state index contributed by atoms with van der Waals surface area (Å²) in [6.45, 7) is 7.96. The van der Waals surface area contributed by atoms with Crippen molar-refractivity contribution in [2.45, 2.75) is 70.3 Å². The van der Waals surface area contributed by atoms with E-state index in [1.54, 1.807) is 26.0 Å². The zero-order chi connectivity index (χ0) is 29.8. The Bertz CT molecular complexity index is 1610. The van der Waals surface area contributed by atoms with Crippen molar-refractivity contribution in [3.05, 3.63) is 75.3 Å². The fourth-order valence-corrected chi connectivity index (χ4v) is 7.02. The number of thioether (sulfide) groups is 1. The summed E-state index contributed by atoms with van der Waals surface area (Å²) in [6, 6.07) is 9.16. The molecule has 1 aromatic carbocycles. The Morgan fingerprint density at radius 1 is 1.14 bits per heavy atom. The van der Waals surface area contributed by atoms with E-state index in [-0.39, 0.29) is 30.7 Å². The number of benzene rings is 1. The van der Waals surface area contributed by atoms with Gasteiger partial charge >= 0.3 is 5.97 Å². The number of furan rings is 1. The molecular formula is C30H33N5O5S2. The average Bonchev–Trinajstić information content (AvgIpc) is 3.72. The molecule has 0 aliphatic heterocycles. The molecule has 0 spiro atoms. The van der Waals surface area contributed by atoms with Crippen LogP contribution in [0.5, 0.6) is 0 Å². The zero-order valence-corrected chi connectivity index (χ0v) is 25.6. The van der Waals surface area contributed by atoms with Crippen molar-refractivity contribution in [1.82, 2.24) is 20.1 Å². The number of amides is 2. The van der Waals surface area contributed by atoms with Crippen LogP contribution in [0.4, 0.5) is 5.00 Å². The molecule has 42 heavy (non-hydrogen) atoms. The summed E-state index contributed by atoms with van der Waals surface area (Å²) in [7, 11) is 0. The second-order valence-electron chi connectivity index (χ2n) is 10.00. The summed E-state index contributed by atoms with van der Waals surface area (Å²) in [5.74, 6) is -0.316. The number of carbonyl (C=O) groups is 3. The van der Waals surface area contributed by atoms with E-state index in [1.807, 2.05) is 36.6 Å². The normalized spacial score (nSPS) is 13.3. The molecule has 10 nitrogen and oxygen atoms in total. The monoisotopic (exact) mass is 607 g/mol. The van der Waals surface area contributed by atoms with Gasteiger partial charge in [0.15, 0.2) is 16.7 Å². The maximum Gasteiger partial charge on any atom is 0.341 e. The highest BCUT2D eigenvalue weighted by molar-refractivity contribution is 8.00. The van der Waals surface area contributed by atoms with Crippen molar-refractivity contribution >= 4 is 45.9 Å². The fourth-order valence-electron chi connectivity index (χ4n) is 4.86. The third-order valence-electron chi connectivity index (χ3n) is 7.21. The number of nitrogens with zero attached hydrogens (tertiary/aromatic N) is 3. The van der Waals surface area contributed by atoms with E-state index in [2.05, 4.69) is 20.8 Å². The molecule has 0 bridgehead atoms. The molecule has 0 saturated carbocycles. The van der Waals surface area contributed by atoms with Crippen LogP contribution in [0.3, 0.4) is 0 Å². The van der Waals surface area contributed by atoms with E-state index in [0.717, 1.165) is 52.9 Å². The summed E-state index contributed by atoms with van der Waals surface area (Å²) in [6.07, 6.45) is 5.21. The number of thiophene rings is 1. The van der Waals surface area contributed by atoms with Crippen LogP contribution >= 0.6 is 23.1 Å². The Morgan fingerprint density at radius 2 is 1.95 bits per heavy atom. The molecule has 3 heterocycles. The molecular weight excluding hydrogens is 574 g/mol. The van der Waals surface area contributed by atoms with Gasteiger partial charge in [-0.2, -0.15) is 0 Å². The third-order valence-corrected chi connectivity index (χ3v) is 9.46. The highest BCUT2D eigenvalue weighted by Gasteiger charge is 2.29.